The Labute approximate surface area is 151 Å². The molecule has 2 aromatic rings. The zero-order valence-corrected chi connectivity index (χ0v) is 14.3. The summed E-state index contributed by atoms with van der Waals surface area (Å²) < 4.78 is 58.4. The van der Waals surface area contributed by atoms with Crippen LogP contribution in [0.5, 0.6) is 11.5 Å². The molecule has 0 bridgehead atoms. The van der Waals surface area contributed by atoms with E-state index in [0.717, 1.165) is 0 Å². The normalized spacial score (nSPS) is 11.3. The number of ether oxygens (including phenoxy) is 2. The Morgan fingerprint density at radius 3 is 2.35 bits per heavy atom. The van der Waals surface area contributed by atoms with Crippen LogP contribution < -0.4 is 9.47 Å². The Bertz CT molecular complexity index is 777. The van der Waals surface area contributed by atoms with E-state index in [9.17, 15) is 22.4 Å². The molecule has 0 spiro atoms. The van der Waals surface area contributed by atoms with Crippen molar-refractivity contribution >= 4 is 23.6 Å². The summed E-state index contributed by atoms with van der Waals surface area (Å²) in [5.41, 5.74) is 0.881. The van der Waals surface area contributed by atoms with E-state index < -0.39 is 12.4 Å². The molecule has 0 atom stereocenters. The maximum atomic E-state index is 12.5. The summed E-state index contributed by atoms with van der Waals surface area (Å²) >= 11 is 0.333. The van der Waals surface area contributed by atoms with Crippen LogP contribution in [0.2, 0.25) is 0 Å². The number of ketones is 1. The predicted molar refractivity (Wildman–Crippen MR) is 91.3 cm³/mol. The SMILES string of the molecule is COc1cc(C(=O)/C=C/c2ccc(OC(F)F)cc2)ccc1SC(F)F. The number of halogens is 4. The lowest BCUT2D eigenvalue weighted by Crippen LogP contribution is -2.01. The molecular weight excluding hydrogens is 372 g/mol. The maximum Gasteiger partial charge on any atom is 0.387 e. The number of carbonyl (C=O) groups is 1. The van der Waals surface area contributed by atoms with Gasteiger partial charge in [0.05, 0.1) is 12.0 Å². The van der Waals surface area contributed by atoms with Gasteiger partial charge in [0.15, 0.2) is 5.78 Å². The van der Waals surface area contributed by atoms with Crippen LogP contribution in [-0.2, 0) is 0 Å². The third kappa shape index (κ3) is 5.80. The fourth-order valence-electron chi connectivity index (χ4n) is 2.04. The van der Waals surface area contributed by atoms with E-state index in [4.69, 9.17) is 4.74 Å². The summed E-state index contributed by atoms with van der Waals surface area (Å²) in [7, 11) is 1.33. The van der Waals surface area contributed by atoms with Crippen LogP contribution in [0.15, 0.2) is 53.4 Å². The lowest BCUT2D eigenvalue weighted by molar-refractivity contribution is -0.0498. The molecule has 8 heteroatoms. The average Bonchev–Trinajstić information content (AvgIpc) is 2.60. The van der Waals surface area contributed by atoms with E-state index in [2.05, 4.69) is 4.74 Å². The number of thioether (sulfide) groups is 1. The van der Waals surface area contributed by atoms with Crippen LogP contribution in [0.4, 0.5) is 17.6 Å². The molecule has 0 fully saturated rings. The Morgan fingerprint density at radius 1 is 1.08 bits per heavy atom. The van der Waals surface area contributed by atoms with Crippen molar-refractivity contribution in [3.63, 3.8) is 0 Å². The lowest BCUT2D eigenvalue weighted by atomic mass is 10.1. The molecule has 26 heavy (non-hydrogen) atoms. The molecule has 0 aliphatic rings. The van der Waals surface area contributed by atoms with E-state index in [0.29, 0.717) is 17.3 Å². The van der Waals surface area contributed by atoms with Gasteiger partial charge in [-0.15, -0.1) is 0 Å². The molecule has 0 N–H and O–H groups in total. The Hall–Kier alpha value is -2.48. The third-order valence-corrected chi connectivity index (χ3v) is 3.97. The van der Waals surface area contributed by atoms with Crippen LogP contribution >= 0.6 is 11.8 Å². The first kappa shape index (κ1) is 19.8. The second kappa shape index (κ2) is 9.28. The van der Waals surface area contributed by atoms with Gasteiger partial charge >= 0.3 is 6.61 Å². The first-order valence-corrected chi connectivity index (χ1v) is 8.17. The Kier molecular flexibility index (Phi) is 7.08. The van der Waals surface area contributed by atoms with Crippen molar-refractivity contribution in [1.82, 2.24) is 0 Å². The largest absolute Gasteiger partial charge is 0.496 e. The standard InChI is InChI=1S/C18H14F4O3S/c1-24-15-10-12(5-9-16(15)26-18(21)22)14(23)8-4-11-2-6-13(7-3-11)25-17(19)20/h2-10,17-18H,1H3/b8-4+. The molecule has 0 aliphatic carbocycles. The third-order valence-electron chi connectivity index (χ3n) is 3.20. The topological polar surface area (TPSA) is 35.5 Å². The van der Waals surface area contributed by atoms with E-state index in [1.54, 1.807) is 0 Å². The monoisotopic (exact) mass is 386 g/mol. The molecule has 0 saturated heterocycles. The van der Waals surface area contributed by atoms with Gasteiger partial charge in [0.25, 0.3) is 5.76 Å². The van der Waals surface area contributed by atoms with Gasteiger partial charge in [-0.3, -0.25) is 4.79 Å². The number of benzene rings is 2. The minimum atomic E-state index is -2.90. The average molecular weight is 386 g/mol. The lowest BCUT2D eigenvalue weighted by Gasteiger charge is -2.08. The van der Waals surface area contributed by atoms with Crippen LogP contribution in [-0.4, -0.2) is 25.3 Å². The molecular formula is C18H14F4O3S. The van der Waals surface area contributed by atoms with Gasteiger partial charge < -0.3 is 9.47 Å². The van der Waals surface area contributed by atoms with Gasteiger partial charge in [-0.2, -0.15) is 17.6 Å². The minimum absolute atomic E-state index is 0.0142. The number of hydrogen-bond donors (Lipinski definition) is 0. The fraction of sp³-hybridized carbons (Fsp3) is 0.167. The zero-order chi connectivity index (χ0) is 19.1. The Morgan fingerprint density at radius 2 is 1.77 bits per heavy atom. The van der Waals surface area contributed by atoms with Crippen molar-refractivity contribution in [3.8, 4) is 11.5 Å². The Balaban J connectivity index is 2.10. The highest BCUT2D eigenvalue weighted by Gasteiger charge is 2.13. The van der Waals surface area contributed by atoms with Crippen molar-refractivity contribution in [1.29, 1.82) is 0 Å². The summed E-state index contributed by atoms with van der Waals surface area (Å²) in [4.78, 5) is 12.4. The second-order valence-corrected chi connectivity index (χ2v) is 5.92. The fourth-order valence-corrected chi connectivity index (χ4v) is 2.64. The molecule has 0 unspecified atom stereocenters. The van der Waals surface area contributed by atoms with Gasteiger partial charge in [-0.05, 0) is 42.0 Å². The first-order valence-electron chi connectivity index (χ1n) is 7.29. The number of hydrogen-bond acceptors (Lipinski definition) is 4. The van der Waals surface area contributed by atoms with E-state index in [-0.39, 0.29) is 27.7 Å². The summed E-state index contributed by atoms with van der Waals surface area (Å²) in [5, 5.41) is 0. The second-order valence-electron chi connectivity index (χ2n) is 4.89. The molecule has 3 nitrogen and oxygen atoms in total. The number of alkyl halides is 4. The van der Waals surface area contributed by atoms with Crippen LogP contribution in [0, 0.1) is 0 Å². The van der Waals surface area contributed by atoms with Gasteiger partial charge in [0, 0.05) is 5.56 Å². The zero-order valence-electron chi connectivity index (χ0n) is 13.5. The van der Waals surface area contributed by atoms with E-state index in [1.165, 1.54) is 61.7 Å². The minimum Gasteiger partial charge on any atom is -0.496 e. The molecule has 2 aromatic carbocycles. The van der Waals surface area contributed by atoms with Crippen molar-refractivity contribution in [3.05, 3.63) is 59.7 Å². The van der Waals surface area contributed by atoms with Crippen molar-refractivity contribution in [2.75, 3.05) is 7.11 Å². The smallest absolute Gasteiger partial charge is 0.387 e. The first-order chi connectivity index (χ1) is 12.4. The van der Waals surface area contributed by atoms with Gasteiger partial charge in [-0.25, -0.2) is 0 Å². The molecule has 0 aromatic heterocycles. The summed E-state index contributed by atoms with van der Waals surface area (Å²) in [6.07, 6.45) is 2.79. The van der Waals surface area contributed by atoms with Crippen LogP contribution in [0.1, 0.15) is 15.9 Å². The number of methoxy groups -OCH3 is 1. The molecule has 138 valence electrons. The number of rotatable bonds is 8. The molecule has 0 saturated carbocycles. The predicted octanol–water partition coefficient (Wildman–Crippen LogP) is 5.51. The van der Waals surface area contributed by atoms with Gasteiger partial charge in [0.1, 0.15) is 11.5 Å². The van der Waals surface area contributed by atoms with Gasteiger partial charge in [-0.1, -0.05) is 30.0 Å². The summed E-state index contributed by atoms with van der Waals surface area (Å²) in [6, 6.07) is 9.96. The van der Waals surface area contributed by atoms with Gasteiger partial charge in [0.2, 0.25) is 0 Å². The van der Waals surface area contributed by atoms with Crippen molar-refractivity contribution < 1.29 is 31.8 Å². The quantitative estimate of drug-likeness (QED) is 0.259. The van der Waals surface area contributed by atoms with Crippen LogP contribution in [0.25, 0.3) is 6.08 Å². The molecule has 0 radical (unpaired) electrons. The number of carbonyl (C=O) groups excluding carboxylic acids is 1. The molecule has 0 aliphatic heterocycles. The highest BCUT2D eigenvalue weighted by atomic mass is 32.2. The van der Waals surface area contributed by atoms with Crippen LogP contribution in [0.3, 0.4) is 0 Å². The summed E-state index contributed by atoms with van der Waals surface area (Å²) in [5.74, 6) is -2.75. The maximum absolute atomic E-state index is 12.5. The summed E-state index contributed by atoms with van der Waals surface area (Å²) in [6.45, 7) is -2.90. The highest BCUT2D eigenvalue weighted by molar-refractivity contribution is 7.99. The highest BCUT2D eigenvalue weighted by Crippen LogP contribution is 2.34. The molecule has 0 heterocycles. The van der Waals surface area contributed by atoms with Crippen molar-refractivity contribution in [2.24, 2.45) is 0 Å². The number of allylic oxidation sites excluding steroid dienone is 1. The van der Waals surface area contributed by atoms with E-state index >= 15 is 0 Å². The van der Waals surface area contributed by atoms with E-state index in [1.807, 2.05) is 0 Å². The molecule has 0 amide bonds. The molecule has 2 rings (SSSR count). The van der Waals surface area contributed by atoms with Crippen molar-refractivity contribution in [2.45, 2.75) is 17.3 Å².